The Kier molecular flexibility index (Phi) is 24.8. The van der Waals surface area contributed by atoms with Gasteiger partial charge in [0, 0.05) is 5.57 Å². The molecule has 1 aromatic rings. The van der Waals surface area contributed by atoms with E-state index in [2.05, 4.69) is 4.74 Å². The Morgan fingerprint density at radius 3 is 1.48 bits per heavy atom. The number of rotatable bonds is 5. The summed E-state index contributed by atoms with van der Waals surface area (Å²) in [7, 11) is 0. The predicted octanol–water partition coefficient (Wildman–Crippen LogP) is 1.77. The highest BCUT2D eigenvalue weighted by Crippen LogP contribution is 1.87. The molecule has 1 atom stereocenters. The van der Waals surface area contributed by atoms with Gasteiger partial charge in [0.05, 0.1) is 26.4 Å². The maximum absolute atomic E-state index is 9.86. The fourth-order valence-electron chi connectivity index (χ4n) is 0.740. The first-order chi connectivity index (χ1) is 9.59. The number of aliphatic carboxylic acids is 1. The van der Waals surface area contributed by atoms with Crippen molar-refractivity contribution in [2.45, 2.75) is 13.8 Å². The summed E-state index contributed by atoms with van der Waals surface area (Å²) >= 11 is 0. The van der Waals surface area contributed by atoms with E-state index in [-0.39, 0.29) is 23.1 Å². The monoisotopic (exact) mass is 318 g/mol. The second-order valence-corrected chi connectivity index (χ2v) is 3.49. The first-order valence-electron chi connectivity index (χ1n) is 6.25. The Labute approximate surface area is 129 Å². The van der Waals surface area contributed by atoms with Crippen LogP contribution in [0.25, 0.3) is 0 Å². The lowest BCUT2D eigenvalue weighted by molar-refractivity contribution is -0.132. The fourth-order valence-corrected chi connectivity index (χ4v) is 0.740. The molecule has 6 heteroatoms. The summed E-state index contributed by atoms with van der Waals surface area (Å²) in [6.45, 7) is 3.95. The van der Waals surface area contributed by atoms with E-state index in [9.17, 15) is 4.79 Å². The number of allylic oxidation sites excluding steroid dienone is 1. The number of carboxylic acid groups (broad SMARTS) is 1. The van der Waals surface area contributed by atoms with Gasteiger partial charge in [-0.25, -0.2) is 4.79 Å². The molecule has 1 aromatic carbocycles. The predicted molar refractivity (Wildman–Crippen MR) is 89.6 cm³/mol. The van der Waals surface area contributed by atoms with Gasteiger partial charge in [-0.3, -0.25) is 0 Å². The zero-order valence-electron chi connectivity index (χ0n) is 12.7. The Balaban J connectivity index is -0.000000226. The summed E-state index contributed by atoms with van der Waals surface area (Å²) in [6.07, 6.45) is 1.56. The molecule has 0 amide bonds. The number of hydrogen-bond donors (Lipinski definition) is 3. The number of carbonyl (C=O) groups is 1. The van der Waals surface area contributed by atoms with Gasteiger partial charge in [-0.05, 0) is 13.8 Å². The number of ether oxygens (including phenoxy) is 1. The third-order valence-corrected chi connectivity index (χ3v) is 1.91. The maximum Gasteiger partial charge on any atom is 0.330 e. The van der Waals surface area contributed by atoms with E-state index >= 15 is 0 Å². The minimum absolute atomic E-state index is 0. The van der Waals surface area contributed by atoms with Gasteiger partial charge in [-0.2, -0.15) is 9.90 Å². The van der Waals surface area contributed by atoms with Crippen molar-refractivity contribution < 1.29 is 24.9 Å². The zero-order valence-corrected chi connectivity index (χ0v) is 14.1. The van der Waals surface area contributed by atoms with Crippen LogP contribution in [0.3, 0.4) is 0 Å². The van der Waals surface area contributed by atoms with Crippen LogP contribution in [0.4, 0.5) is 0 Å². The lowest BCUT2D eigenvalue weighted by atomic mass is 10.3. The largest absolute Gasteiger partial charge is 0.478 e. The van der Waals surface area contributed by atoms with Crippen molar-refractivity contribution >= 4 is 15.9 Å². The van der Waals surface area contributed by atoms with Gasteiger partial charge in [-0.15, -0.1) is 0 Å². The van der Waals surface area contributed by atoms with Gasteiger partial charge < -0.3 is 20.1 Å². The lowest BCUT2D eigenvalue weighted by Crippen LogP contribution is -2.03. The van der Waals surface area contributed by atoms with E-state index in [0.717, 1.165) is 0 Å². The Morgan fingerprint density at radius 2 is 1.33 bits per heavy atom. The van der Waals surface area contributed by atoms with Crippen molar-refractivity contribution in [2.24, 2.45) is 0 Å². The second kappa shape index (κ2) is 21.0. The van der Waals surface area contributed by atoms with E-state index in [1.54, 1.807) is 19.9 Å². The molecule has 0 aromatic heterocycles. The maximum atomic E-state index is 9.86. The highest BCUT2D eigenvalue weighted by molar-refractivity contribution is 6.92. The quantitative estimate of drug-likeness (QED) is 0.437. The molecule has 122 valence electrons. The minimum Gasteiger partial charge on any atom is -0.478 e. The van der Waals surface area contributed by atoms with Gasteiger partial charge in [-0.1, -0.05) is 42.5 Å². The van der Waals surface area contributed by atoms with Crippen molar-refractivity contribution in [3.05, 3.63) is 48.0 Å². The standard InChI is InChI=1S/C6H6.C5H8O2.C4H10O3.H3P/c1-2-4-6-5-3-1;1-3-4(2)5(6)7;5-1-3-7-4-2-6;/h1-6H;3H,1-2H3,(H,6,7);5-6H,1-4H2;1H3. The Hall–Kier alpha value is -1.26. The number of hydrogen-bond acceptors (Lipinski definition) is 4. The van der Waals surface area contributed by atoms with Crippen LogP contribution < -0.4 is 0 Å². The molecule has 3 N–H and O–H groups in total. The van der Waals surface area contributed by atoms with E-state index in [1.807, 2.05) is 36.4 Å². The molecule has 0 aliphatic rings. The molecule has 0 bridgehead atoms. The molecular formula is C15H27O5P. The minimum atomic E-state index is -0.845. The molecule has 21 heavy (non-hydrogen) atoms. The van der Waals surface area contributed by atoms with Crippen LogP contribution in [0.5, 0.6) is 0 Å². The van der Waals surface area contributed by atoms with Gasteiger partial charge in [0.25, 0.3) is 0 Å². The van der Waals surface area contributed by atoms with Crippen LogP contribution in [0.15, 0.2) is 48.0 Å². The summed E-state index contributed by atoms with van der Waals surface area (Å²) in [6, 6.07) is 12.0. The highest BCUT2D eigenvalue weighted by Gasteiger charge is 1.93. The average molecular weight is 318 g/mol. The number of aliphatic hydroxyl groups excluding tert-OH is 2. The molecule has 5 nitrogen and oxygen atoms in total. The molecule has 1 unspecified atom stereocenters. The summed E-state index contributed by atoms with van der Waals surface area (Å²) < 4.78 is 4.63. The molecule has 0 aliphatic heterocycles. The molecule has 1 rings (SSSR count). The third kappa shape index (κ3) is 24.2. The van der Waals surface area contributed by atoms with Crippen LogP contribution in [0.2, 0.25) is 0 Å². The van der Waals surface area contributed by atoms with Crippen LogP contribution in [0.1, 0.15) is 13.8 Å². The summed E-state index contributed by atoms with van der Waals surface area (Å²) in [5.41, 5.74) is 0.389. The van der Waals surface area contributed by atoms with Crippen LogP contribution in [0, 0.1) is 0 Å². The van der Waals surface area contributed by atoms with E-state index in [4.69, 9.17) is 15.3 Å². The van der Waals surface area contributed by atoms with Crippen molar-refractivity contribution in [3.8, 4) is 0 Å². The number of aliphatic hydroxyl groups is 2. The number of benzene rings is 1. The smallest absolute Gasteiger partial charge is 0.330 e. The first kappa shape index (κ1) is 24.7. The summed E-state index contributed by atoms with van der Waals surface area (Å²) in [5.74, 6) is -0.845. The Bertz CT molecular complexity index is 310. The molecule has 0 saturated carbocycles. The third-order valence-electron chi connectivity index (χ3n) is 1.91. The van der Waals surface area contributed by atoms with Crippen molar-refractivity contribution in [1.29, 1.82) is 0 Å². The molecular weight excluding hydrogens is 291 g/mol. The number of carboxylic acids is 1. The van der Waals surface area contributed by atoms with Crippen molar-refractivity contribution in [3.63, 3.8) is 0 Å². The lowest BCUT2D eigenvalue weighted by Gasteiger charge is -1.94. The zero-order chi connectivity index (χ0) is 15.6. The van der Waals surface area contributed by atoms with Gasteiger partial charge in [0.1, 0.15) is 0 Å². The normalized spacial score (nSPS) is 9.24. The molecule has 0 heterocycles. The molecule has 0 spiro atoms. The van der Waals surface area contributed by atoms with Crippen LogP contribution >= 0.6 is 9.90 Å². The summed E-state index contributed by atoms with van der Waals surface area (Å²) in [5, 5.41) is 24.3. The van der Waals surface area contributed by atoms with Gasteiger partial charge in [0.15, 0.2) is 0 Å². The highest BCUT2D eigenvalue weighted by atomic mass is 31.0. The van der Waals surface area contributed by atoms with Crippen LogP contribution in [-0.2, 0) is 9.53 Å². The van der Waals surface area contributed by atoms with E-state index in [1.165, 1.54) is 0 Å². The SMILES string of the molecule is CC=C(C)C(=O)O.OCCOCCO.P.c1ccccc1. The average Bonchev–Trinajstić information content (AvgIpc) is 2.50. The van der Waals surface area contributed by atoms with E-state index < -0.39 is 5.97 Å². The first-order valence-corrected chi connectivity index (χ1v) is 6.25. The van der Waals surface area contributed by atoms with Crippen molar-refractivity contribution in [2.75, 3.05) is 26.4 Å². The molecule has 0 saturated heterocycles. The molecule has 0 radical (unpaired) electrons. The topological polar surface area (TPSA) is 87.0 Å². The van der Waals surface area contributed by atoms with Gasteiger partial charge >= 0.3 is 5.97 Å². The molecule has 0 aliphatic carbocycles. The summed E-state index contributed by atoms with van der Waals surface area (Å²) in [4.78, 5) is 9.86. The van der Waals surface area contributed by atoms with Gasteiger partial charge in [0.2, 0.25) is 0 Å². The van der Waals surface area contributed by atoms with Crippen molar-refractivity contribution in [1.82, 2.24) is 0 Å². The fraction of sp³-hybridized carbons (Fsp3) is 0.400. The Morgan fingerprint density at radius 1 is 1.00 bits per heavy atom. The van der Waals surface area contributed by atoms with E-state index in [0.29, 0.717) is 18.8 Å². The molecule has 0 fully saturated rings. The second-order valence-electron chi connectivity index (χ2n) is 3.49. The van der Waals surface area contributed by atoms with Crippen LogP contribution in [-0.4, -0.2) is 47.7 Å².